The van der Waals surface area contributed by atoms with Gasteiger partial charge in [-0.15, -0.1) is 0 Å². The van der Waals surface area contributed by atoms with E-state index in [4.69, 9.17) is 0 Å². The molecule has 1 heterocycles. The van der Waals surface area contributed by atoms with Crippen LogP contribution in [0.5, 0.6) is 0 Å². The summed E-state index contributed by atoms with van der Waals surface area (Å²) < 4.78 is 2.17. The van der Waals surface area contributed by atoms with Crippen LogP contribution in [-0.4, -0.2) is 1.33 Å². The molecule has 0 aliphatic rings. The van der Waals surface area contributed by atoms with Crippen molar-refractivity contribution in [3.8, 4) is 0 Å². The zero-order valence-corrected chi connectivity index (χ0v) is 6.96. The number of hydrogen-bond donors (Lipinski definition) is 0. The second-order valence-electron chi connectivity index (χ2n) is 1.13. The fourth-order valence-electron chi connectivity index (χ4n) is 0.348. The van der Waals surface area contributed by atoms with Gasteiger partial charge in [-0.25, -0.2) is 0 Å². The Kier molecular flexibility index (Phi) is 1.51. The average Bonchev–Trinajstić information content (AvgIpc) is 1.86. The Labute approximate surface area is 59.6 Å². The summed E-state index contributed by atoms with van der Waals surface area (Å²) in [6, 6.07) is 4.08. The third-order valence-electron chi connectivity index (χ3n) is 0.628. The van der Waals surface area contributed by atoms with Gasteiger partial charge in [0.1, 0.15) is 0 Å². The Hall–Kier alpha value is 0.475. The van der Waals surface area contributed by atoms with Crippen molar-refractivity contribution >= 4 is 0 Å². The maximum atomic E-state index is 2.17. The van der Waals surface area contributed by atoms with Crippen LogP contribution in [0.15, 0.2) is 24.5 Å². The Morgan fingerprint density at radius 2 is 1.67 bits per heavy atom. The fourth-order valence-corrected chi connectivity index (χ4v) is 0.972. The minimum absolute atomic E-state index is 0.935. The van der Waals surface area contributed by atoms with Crippen LogP contribution in [0.3, 0.4) is 0 Å². The molecule has 0 amide bonds. The molecule has 0 saturated carbocycles. The number of rotatable bonds is 0. The van der Waals surface area contributed by atoms with Crippen molar-refractivity contribution in [2.24, 2.45) is 0 Å². The van der Waals surface area contributed by atoms with E-state index in [9.17, 15) is 0 Å². The monoisotopic (exact) mass is 205 g/mol. The van der Waals surface area contributed by atoms with Crippen molar-refractivity contribution in [3.63, 3.8) is 0 Å². The summed E-state index contributed by atoms with van der Waals surface area (Å²) in [7, 11) is 0. The van der Waals surface area contributed by atoms with E-state index in [1.165, 1.54) is 0 Å². The molecular weight excluding hydrogens is 201 g/mol. The van der Waals surface area contributed by atoms with E-state index in [0.29, 0.717) is 0 Å². The molecule has 0 saturated heterocycles. The Morgan fingerprint density at radius 3 is 1.83 bits per heavy atom. The molecule has 0 bridgehead atoms. The van der Waals surface area contributed by atoms with E-state index in [-0.39, 0.29) is 0 Å². The standard InChI is InChI=1S/C4H4N.La/c1-2-4-5-3-1;/h1-4H;/q-1;+1. The van der Waals surface area contributed by atoms with E-state index in [0.717, 1.165) is 34.1 Å². The summed E-state index contributed by atoms with van der Waals surface area (Å²) in [6.45, 7) is 0. The Bertz CT molecular complexity index is 111. The van der Waals surface area contributed by atoms with E-state index in [1.807, 2.05) is 12.1 Å². The second-order valence-corrected chi connectivity index (χ2v) is 3.00. The van der Waals surface area contributed by atoms with Gasteiger partial charge < -0.3 is 0 Å². The molecule has 1 nitrogen and oxygen atoms in total. The third-order valence-corrected chi connectivity index (χ3v) is 1.71. The van der Waals surface area contributed by atoms with Crippen LogP contribution in [0.25, 0.3) is 0 Å². The van der Waals surface area contributed by atoms with Gasteiger partial charge in [-0.3, -0.25) is 0 Å². The molecule has 0 aliphatic heterocycles. The van der Waals surface area contributed by atoms with E-state index in [1.54, 1.807) is 0 Å². The summed E-state index contributed by atoms with van der Waals surface area (Å²) >= 11 is 0.935. The van der Waals surface area contributed by atoms with Crippen LogP contribution >= 0.6 is 0 Å². The van der Waals surface area contributed by atoms with Gasteiger partial charge in [-0.05, 0) is 0 Å². The molecule has 0 spiro atoms. The molecule has 1 rings (SSSR count). The topological polar surface area (TPSA) is 4.93 Å². The maximum absolute atomic E-state index is 2.17. The summed E-state index contributed by atoms with van der Waals surface area (Å²) in [5.41, 5.74) is 0. The van der Waals surface area contributed by atoms with Crippen LogP contribution in [0.2, 0.25) is 0 Å². The van der Waals surface area contributed by atoms with Gasteiger partial charge in [0.05, 0.1) is 0 Å². The van der Waals surface area contributed by atoms with Gasteiger partial charge in [0.15, 0.2) is 0 Å². The van der Waals surface area contributed by atoms with Crippen molar-refractivity contribution < 1.29 is 34.1 Å². The summed E-state index contributed by atoms with van der Waals surface area (Å²) in [6.07, 6.45) is 4.15. The molecule has 0 radical (unpaired) electrons. The number of aromatic nitrogens is 1. The summed E-state index contributed by atoms with van der Waals surface area (Å²) in [5.74, 6) is 0. The molecule has 0 fully saturated rings. The molecule has 1 aromatic rings. The molecule has 1 aromatic heterocycles. The molecule has 0 unspecified atom stereocenters. The molecular formula is C4H4LaN. The third kappa shape index (κ3) is 0.967. The van der Waals surface area contributed by atoms with E-state index < -0.39 is 0 Å². The number of nitrogens with zero attached hydrogens (tertiary/aromatic N) is 1. The van der Waals surface area contributed by atoms with Crippen LogP contribution < -0.4 is 0 Å². The normalized spacial score (nSPS) is 8.50. The zero-order valence-electron chi connectivity index (χ0n) is 3.33. The molecule has 0 N–H and O–H groups in total. The van der Waals surface area contributed by atoms with Gasteiger partial charge in [0, 0.05) is 0 Å². The Balaban J connectivity index is 3.05. The molecule has 6 heavy (non-hydrogen) atoms. The number of hydrogen-bond acceptors (Lipinski definition) is 0. The summed E-state index contributed by atoms with van der Waals surface area (Å²) in [4.78, 5) is 0. The van der Waals surface area contributed by atoms with Crippen LogP contribution in [0, 0.1) is 34.1 Å². The fraction of sp³-hybridized carbons (Fsp3) is 0. The molecule has 0 atom stereocenters. The van der Waals surface area contributed by atoms with E-state index in [2.05, 4.69) is 13.7 Å². The molecule has 2 heteroatoms. The molecule has 0 aromatic carbocycles. The first-order valence-electron chi connectivity index (χ1n) is 1.77. The summed E-state index contributed by atoms with van der Waals surface area (Å²) in [5, 5.41) is 0. The van der Waals surface area contributed by atoms with Crippen molar-refractivity contribution in [1.82, 2.24) is 1.33 Å². The SMILES string of the molecule is [La][n]1cccc1. The zero-order chi connectivity index (χ0) is 4.41. The van der Waals surface area contributed by atoms with Gasteiger partial charge in [0.2, 0.25) is 0 Å². The first-order chi connectivity index (χ1) is 2.89. The predicted octanol–water partition coefficient (Wildman–Crippen LogP) is 0.800. The van der Waals surface area contributed by atoms with E-state index >= 15 is 0 Å². The predicted molar refractivity (Wildman–Crippen MR) is 19.8 cm³/mol. The first kappa shape index (κ1) is 4.63. The molecule has 28 valence electrons. The van der Waals surface area contributed by atoms with Crippen molar-refractivity contribution in [2.75, 3.05) is 0 Å². The van der Waals surface area contributed by atoms with Gasteiger partial charge in [-0.2, -0.15) is 0 Å². The first-order valence-corrected chi connectivity index (χ1v) is 3.40. The van der Waals surface area contributed by atoms with Crippen LogP contribution in [0.1, 0.15) is 0 Å². The average molecular weight is 205 g/mol. The van der Waals surface area contributed by atoms with Crippen molar-refractivity contribution in [1.29, 1.82) is 0 Å². The minimum atomic E-state index is 0.935. The van der Waals surface area contributed by atoms with Crippen LogP contribution in [0.4, 0.5) is 0 Å². The van der Waals surface area contributed by atoms with Crippen molar-refractivity contribution in [3.05, 3.63) is 24.5 Å². The van der Waals surface area contributed by atoms with Gasteiger partial charge in [-0.1, -0.05) is 0 Å². The van der Waals surface area contributed by atoms with Gasteiger partial charge >= 0.3 is 59.9 Å². The molecule has 0 aliphatic carbocycles. The van der Waals surface area contributed by atoms with Crippen LogP contribution in [-0.2, 0) is 0 Å². The van der Waals surface area contributed by atoms with Crippen molar-refractivity contribution in [2.45, 2.75) is 0 Å². The second kappa shape index (κ2) is 1.96. The van der Waals surface area contributed by atoms with Gasteiger partial charge in [0.25, 0.3) is 0 Å². The quantitative estimate of drug-likeness (QED) is 0.590. The Morgan fingerprint density at radius 1 is 1.17 bits per heavy atom.